The third-order valence-corrected chi connectivity index (χ3v) is 5.10. The number of piperazine rings is 1. The Balaban J connectivity index is 1.43. The number of fused-ring (bicyclic) bond motifs is 1. The predicted molar refractivity (Wildman–Crippen MR) is 107 cm³/mol. The van der Waals surface area contributed by atoms with Gasteiger partial charge in [-0.25, -0.2) is 4.98 Å². The molecule has 0 bridgehead atoms. The highest BCUT2D eigenvalue weighted by atomic mass is 16.2. The summed E-state index contributed by atoms with van der Waals surface area (Å²) in [5, 5.41) is 11.8. The number of carbonyl (C=O) groups is 1. The zero-order chi connectivity index (χ0) is 18.6. The maximum absolute atomic E-state index is 12.4. The number of carbonyl (C=O) groups excluding carboxylic acids is 1. The minimum Gasteiger partial charge on any atom is -0.310 e. The van der Waals surface area contributed by atoms with Crippen molar-refractivity contribution in [1.82, 2.24) is 25.0 Å². The molecule has 1 aliphatic heterocycles. The smallest absolute Gasteiger partial charge is 0.239 e. The molecule has 1 aliphatic rings. The molecule has 2 N–H and O–H groups in total. The summed E-state index contributed by atoms with van der Waals surface area (Å²) in [6.07, 6.45) is 5.46. The first-order chi connectivity index (χ1) is 13.2. The van der Waals surface area contributed by atoms with Gasteiger partial charge in [0.2, 0.25) is 5.91 Å². The highest BCUT2D eigenvalue weighted by Crippen LogP contribution is 2.24. The SMILES string of the molecule is CCN1CCN(CC(=O)Nc2cc3cc(-c4cn[nH]c4)ccc3cn2)CC1. The van der Waals surface area contributed by atoms with E-state index in [1.54, 1.807) is 12.4 Å². The fraction of sp³-hybridized carbons (Fsp3) is 0.350. The molecular weight excluding hydrogens is 340 g/mol. The van der Waals surface area contributed by atoms with Crippen LogP contribution in [0.2, 0.25) is 0 Å². The maximum atomic E-state index is 12.4. The van der Waals surface area contributed by atoms with Crippen LogP contribution in [0.4, 0.5) is 5.82 Å². The highest BCUT2D eigenvalue weighted by molar-refractivity contribution is 5.94. The summed E-state index contributed by atoms with van der Waals surface area (Å²) in [6, 6.07) is 8.08. The summed E-state index contributed by atoms with van der Waals surface area (Å²) in [6.45, 7) is 7.56. The molecule has 0 unspecified atom stereocenters. The summed E-state index contributed by atoms with van der Waals surface area (Å²) < 4.78 is 0. The van der Waals surface area contributed by atoms with E-state index in [-0.39, 0.29) is 5.91 Å². The molecule has 3 aromatic rings. The van der Waals surface area contributed by atoms with Crippen LogP contribution in [-0.4, -0.2) is 70.2 Å². The van der Waals surface area contributed by atoms with E-state index in [1.807, 2.05) is 24.4 Å². The minimum absolute atomic E-state index is 0.0159. The van der Waals surface area contributed by atoms with Crippen molar-refractivity contribution in [2.24, 2.45) is 0 Å². The van der Waals surface area contributed by atoms with Crippen LogP contribution < -0.4 is 5.32 Å². The molecule has 1 fully saturated rings. The zero-order valence-electron chi connectivity index (χ0n) is 15.5. The molecular formula is C20H24N6O. The second kappa shape index (κ2) is 7.85. The molecule has 0 saturated carbocycles. The largest absolute Gasteiger partial charge is 0.310 e. The average Bonchev–Trinajstić information content (AvgIpc) is 3.23. The topological polar surface area (TPSA) is 77.1 Å². The Morgan fingerprint density at radius 2 is 1.89 bits per heavy atom. The Labute approximate surface area is 158 Å². The molecule has 0 atom stereocenters. The van der Waals surface area contributed by atoms with E-state index in [9.17, 15) is 4.79 Å². The Bertz CT molecular complexity index is 915. The maximum Gasteiger partial charge on any atom is 0.239 e. The molecule has 27 heavy (non-hydrogen) atoms. The number of nitrogens with zero attached hydrogens (tertiary/aromatic N) is 4. The van der Waals surface area contributed by atoms with Gasteiger partial charge in [-0.05, 0) is 29.6 Å². The lowest BCUT2D eigenvalue weighted by Crippen LogP contribution is -2.48. The number of hydrogen-bond donors (Lipinski definition) is 2. The number of likely N-dealkylation sites (N-methyl/N-ethyl adjacent to an activating group) is 1. The van der Waals surface area contributed by atoms with Crippen LogP contribution in [0.5, 0.6) is 0 Å². The van der Waals surface area contributed by atoms with Crippen molar-refractivity contribution < 1.29 is 4.79 Å². The van der Waals surface area contributed by atoms with Crippen molar-refractivity contribution in [3.63, 3.8) is 0 Å². The minimum atomic E-state index is -0.0159. The van der Waals surface area contributed by atoms with Crippen molar-refractivity contribution in [3.05, 3.63) is 42.9 Å². The number of aromatic nitrogens is 3. The van der Waals surface area contributed by atoms with Crippen molar-refractivity contribution in [1.29, 1.82) is 0 Å². The first-order valence-corrected chi connectivity index (χ1v) is 9.35. The van der Waals surface area contributed by atoms with Gasteiger partial charge in [-0.15, -0.1) is 0 Å². The van der Waals surface area contributed by atoms with E-state index in [2.05, 4.69) is 43.3 Å². The third kappa shape index (κ3) is 4.15. The summed E-state index contributed by atoms with van der Waals surface area (Å²) in [5.41, 5.74) is 2.11. The molecule has 7 nitrogen and oxygen atoms in total. The molecule has 1 amide bonds. The highest BCUT2D eigenvalue weighted by Gasteiger charge is 2.18. The number of amides is 1. The fourth-order valence-corrected chi connectivity index (χ4v) is 3.45. The van der Waals surface area contributed by atoms with Crippen LogP contribution in [0.25, 0.3) is 21.9 Å². The summed E-state index contributed by atoms with van der Waals surface area (Å²) in [7, 11) is 0. The molecule has 3 heterocycles. The first kappa shape index (κ1) is 17.6. The van der Waals surface area contributed by atoms with E-state index in [4.69, 9.17) is 0 Å². The van der Waals surface area contributed by atoms with E-state index in [0.717, 1.165) is 54.6 Å². The molecule has 2 aromatic heterocycles. The molecule has 4 rings (SSSR count). The lowest BCUT2D eigenvalue weighted by atomic mass is 10.1. The van der Waals surface area contributed by atoms with Gasteiger partial charge in [0.1, 0.15) is 5.82 Å². The molecule has 7 heteroatoms. The number of hydrogen-bond acceptors (Lipinski definition) is 5. The van der Waals surface area contributed by atoms with Gasteiger partial charge in [0.05, 0.1) is 12.7 Å². The molecule has 0 radical (unpaired) electrons. The Kier molecular flexibility index (Phi) is 5.13. The summed E-state index contributed by atoms with van der Waals surface area (Å²) in [5.74, 6) is 0.571. The van der Waals surface area contributed by atoms with Crippen molar-refractivity contribution in [2.45, 2.75) is 6.92 Å². The number of anilines is 1. The van der Waals surface area contributed by atoms with Crippen LogP contribution in [0.15, 0.2) is 42.9 Å². The number of H-pyrrole nitrogens is 1. The van der Waals surface area contributed by atoms with Crippen molar-refractivity contribution >= 4 is 22.5 Å². The van der Waals surface area contributed by atoms with E-state index < -0.39 is 0 Å². The van der Waals surface area contributed by atoms with Gasteiger partial charge < -0.3 is 10.2 Å². The van der Waals surface area contributed by atoms with Crippen LogP contribution in [-0.2, 0) is 4.79 Å². The summed E-state index contributed by atoms with van der Waals surface area (Å²) in [4.78, 5) is 21.4. The monoisotopic (exact) mass is 364 g/mol. The molecule has 140 valence electrons. The first-order valence-electron chi connectivity index (χ1n) is 9.35. The number of pyridine rings is 1. The summed E-state index contributed by atoms with van der Waals surface area (Å²) >= 11 is 0. The van der Waals surface area contributed by atoms with Gasteiger partial charge in [0.15, 0.2) is 0 Å². The van der Waals surface area contributed by atoms with Crippen molar-refractivity contribution in [3.8, 4) is 11.1 Å². The standard InChI is InChI=1S/C20H24N6O/c1-2-25-5-7-26(8-6-25)14-20(27)24-19-10-17-9-15(18-12-22-23-13-18)3-4-16(17)11-21-19/h3-4,9-13H,2,5-8,14H2,1H3,(H,22,23)(H,21,24,27). The Hall–Kier alpha value is -2.77. The quantitative estimate of drug-likeness (QED) is 0.726. The number of rotatable bonds is 5. The van der Waals surface area contributed by atoms with Crippen molar-refractivity contribution in [2.75, 3.05) is 44.6 Å². The Morgan fingerprint density at radius 3 is 2.63 bits per heavy atom. The molecule has 0 aliphatic carbocycles. The van der Waals surface area contributed by atoms with Gasteiger partial charge in [0, 0.05) is 49.5 Å². The third-order valence-electron chi connectivity index (χ3n) is 5.10. The number of nitrogens with one attached hydrogen (secondary N) is 2. The molecule has 1 aromatic carbocycles. The van der Waals surface area contributed by atoms with Crippen LogP contribution in [0, 0.1) is 0 Å². The second-order valence-corrected chi connectivity index (χ2v) is 6.88. The average molecular weight is 364 g/mol. The predicted octanol–water partition coefficient (Wildman–Crippen LogP) is 2.20. The van der Waals surface area contributed by atoms with Gasteiger partial charge in [-0.1, -0.05) is 19.1 Å². The van der Waals surface area contributed by atoms with Crippen LogP contribution in [0.3, 0.4) is 0 Å². The lowest BCUT2D eigenvalue weighted by molar-refractivity contribution is -0.117. The van der Waals surface area contributed by atoms with Gasteiger partial charge in [-0.3, -0.25) is 14.8 Å². The number of benzene rings is 1. The number of aromatic amines is 1. The second-order valence-electron chi connectivity index (χ2n) is 6.88. The van der Waals surface area contributed by atoms with Gasteiger partial charge >= 0.3 is 0 Å². The fourth-order valence-electron chi connectivity index (χ4n) is 3.45. The van der Waals surface area contributed by atoms with Crippen LogP contribution in [0.1, 0.15) is 6.92 Å². The zero-order valence-corrected chi connectivity index (χ0v) is 15.5. The van der Waals surface area contributed by atoms with E-state index >= 15 is 0 Å². The van der Waals surface area contributed by atoms with E-state index in [1.165, 1.54) is 0 Å². The Morgan fingerprint density at radius 1 is 1.07 bits per heavy atom. The van der Waals surface area contributed by atoms with Gasteiger partial charge in [-0.2, -0.15) is 5.10 Å². The van der Waals surface area contributed by atoms with Gasteiger partial charge in [0.25, 0.3) is 0 Å². The lowest BCUT2D eigenvalue weighted by Gasteiger charge is -2.33. The normalized spacial score (nSPS) is 15.9. The molecule has 0 spiro atoms. The van der Waals surface area contributed by atoms with E-state index in [0.29, 0.717) is 12.4 Å². The molecule has 1 saturated heterocycles. The van der Waals surface area contributed by atoms with Crippen LogP contribution >= 0.6 is 0 Å².